The molecule has 1 atom stereocenters. The molecule has 0 aromatic heterocycles. The molecule has 27 heavy (non-hydrogen) atoms. The van der Waals surface area contributed by atoms with Gasteiger partial charge in [0.2, 0.25) is 0 Å². The highest BCUT2D eigenvalue weighted by Crippen LogP contribution is 2.36. The highest BCUT2D eigenvalue weighted by Gasteiger charge is 2.34. The van der Waals surface area contributed by atoms with Gasteiger partial charge in [0.1, 0.15) is 5.75 Å². The van der Waals surface area contributed by atoms with Crippen LogP contribution in [-0.2, 0) is 10.2 Å². The Morgan fingerprint density at radius 3 is 2.67 bits per heavy atom. The topological polar surface area (TPSA) is 54.9 Å². The van der Waals surface area contributed by atoms with Gasteiger partial charge in [0.25, 0.3) is 0 Å². The van der Waals surface area contributed by atoms with Crippen LogP contribution in [0.25, 0.3) is 0 Å². The summed E-state index contributed by atoms with van der Waals surface area (Å²) in [6.07, 6.45) is 4.65. The molecule has 3 rings (SSSR count). The van der Waals surface area contributed by atoms with Crippen molar-refractivity contribution in [3.8, 4) is 5.75 Å². The van der Waals surface area contributed by atoms with Gasteiger partial charge in [-0.2, -0.15) is 11.8 Å². The summed E-state index contributed by atoms with van der Waals surface area (Å²) in [5.41, 5.74) is 1.37. The lowest BCUT2D eigenvalue weighted by molar-refractivity contribution is 0.0531. The normalized spacial score (nSPS) is 22.4. The first-order valence-electron chi connectivity index (χ1n) is 10.1. The summed E-state index contributed by atoms with van der Waals surface area (Å²) in [6, 6.07) is 8.48. The molecule has 1 aromatic carbocycles. The first-order chi connectivity index (χ1) is 13.3. The number of thioether (sulfide) groups is 1. The molecule has 2 heterocycles. The number of nitrogens with zero attached hydrogens (tertiary/aromatic N) is 1. The number of methoxy groups -OCH3 is 1. The first-order valence-corrected chi connectivity index (χ1v) is 11.2. The lowest BCUT2D eigenvalue weighted by Gasteiger charge is -2.36. The maximum Gasteiger partial charge on any atom is 0.191 e. The van der Waals surface area contributed by atoms with E-state index < -0.39 is 0 Å². The minimum atomic E-state index is 0.0367. The van der Waals surface area contributed by atoms with Gasteiger partial charge in [-0.15, -0.1) is 0 Å². The van der Waals surface area contributed by atoms with E-state index in [1.165, 1.54) is 24.2 Å². The summed E-state index contributed by atoms with van der Waals surface area (Å²) in [6.45, 7) is 6.36. The molecule has 2 aliphatic rings. The van der Waals surface area contributed by atoms with E-state index in [0.29, 0.717) is 5.25 Å². The molecule has 2 saturated heterocycles. The van der Waals surface area contributed by atoms with Crippen molar-refractivity contribution >= 4 is 17.7 Å². The van der Waals surface area contributed by atoms with Gasteiger partial charge in [0.05, 0.1) is 13.7 Å². The summed E-state index contributed by atoms with van der Waals surface area (Å²) in [5.74, 6) is 3.12. The van der Waals surface area contributed by atoms with E-state index in [1.54, 1.807) is 7.11 Å². The van der Waals surface area contributed by atoms with Crippen molar-refractivity contribution in [3.05, 3.63) is 29.8 Å². The average molecular weight is 392 g/mol. The second-order valence-corrected chi connectivity index (χ2v) is 8.74. The number of aliphatic imine (C=N–C) groups is 1. The summed E-state index contributed by atoms with van der Waals surface area (Å²) >= 11 is 2.07. The molecule has 0 saturated carbocycles. The van der Waals surface area contributed by atoms with Crippen molar-refractivity contribution in [2.45, 2.75) is 43.3 Å². The number of hydrogen-bond acceptors (Lipinski definition) is 4. The van der Waals surface area contributed by atoms with Crippen LogP contribution in [-0.4, -0.2) is 56.9 Å². The van der Waals surface area contributed by atoms with E-state index in [1.807, 2.05) is 0 Å². The Labute approximate surface area is 167 Å². The molecule has 0 bridgehead atoms. The van der Waals surface area contributed by atoms with Crippen molar-refractivity contribution in [1.82, 2.24) is 10.6 Å². The van der Waals surface area contributed by atoms with Crippen LogP contribution in [0, 0.1) is 0 Å². The van der Waals surface area contributed by atoms with Crippen LogP contribution in [0.15, 0.2) is 29.3 Å². The fourth-order valence-electron chi connectivity index (χ4n) is 3.83. The van der Waals surface area contributed by atoms with Crippen molar-refractivity contribution < 1.29 is 9.47 Å². The summed E-state index contributed by atoms with van der Waals surface area (Å²) in [4.78, 5) is 4.99. The molecule has 1 aromatic rings. The van der Waals surface area contributed by atoms with Crippen LogP contribution >= 0.6 is 11.8 Å². The van der Waals surface area contributed by atoms with Crippen LogP contribution in [0.1, 0.15) is 38.2 Å². The Balaban J connectivity index is 1.71. The van der Waals surface area contributed by atoms with Crippen molar-refractivity contribution in [2.75, 3.05) is 45.7 Å². The molecule has 2 aliphatic heterocycles. The number of guanidine groups is 1. The SMILES string of the molecule is CCNC(=NCC1(c2ccc(OC)cc2)CCOCC1)NCC1CCCS1. The van der Waals surface area contributed by atoms with Crippen LogP contribution < -0.4 is 15.4 Å². The summed E-state index contributed by atoms with van der Waals surface area (Å²) in [7, 11) is 1.71. The Bertz CT molecular complexity index is 594. The Morgan fingerprint density at radius 2 is 2.04 bits per heavy atom. The molecule has 0 radical (unpaired) electrons. The van der Waals surface area contributed by atoms with Crippen molar-refractivity contribution in [3.63, 3.8) is 0 Å². The lowest BCUT2D eigenvalue weighted by Crippen LogP contribution is -2.42. The Hall–Kier alpha value is -1.40. The van der Waals surface area contributed by atoms with Crippen LogP contribution in [0.2, 0.25) is 0 Å². The number of hydrogen-bond donors (Lipinski definition) is 2. The van der Waals surface area contributed by atoms with E-state index in [2.05, 4.69) is 53.6 Å². The highest BCUT2D eigenvalue weighted by molar-refractivity contribution is 8.00. The number of ether oxygens (including phenoxy) is 2. The van der Waals surface area contributed by atoms with Crippen LogP contribution in [0.4, 0.5) is 0 Å². The van der Waals surface area contributed by atoms with Gasteiger partial charge in [-0.25, -0.2) is 0 Å². The predicted octanol–water partition coefficient (Wildman–Crippen LogP) is 3.19. The largest absolute Gasteiger partial charge is 0.497 e. The van der Waals surface area contributed by atoms with Gasteiger partial charge in [-0.1, -0.05) is 12.1 Å². The van der Waals surface area contributed by atoms with Crippen LogP contribution in [0.5, 0.6) is 5.75 Å². The minimum Gasteiger partial charge on any atom is -0.497 e. The molecule has 0 aliphatic carbocycles. The average Bonchev–Trinajstić information content (AvgIpc) is 3.24. The van der Waals surface area contributed by atoms with E-state index in [4.69, 9.17) is 14.5 Å². The number of rotatable bonds is 7. The molecule has 6 heteroatoms. The molecule has 0 amide bonds. The molecule has 1 unspecified atom stereocenters. The van der Waals surface area contributed by atoms with Gasteiger partial charge in [-0.3, -0.25) is 4.99 Å². The fraction of sp³-hybridized carbons (Fsp3) is 0.667. The van der Waals surface area contributed by atoms with Crippen LogP contribution in [0.3, 0.4) is 0 Å². The van der Waals surface area contributed by atoms with Gasteiger partial charge in [-0.05, 0) is 56.1 Å². The standard InChI is InChI=1S/C21H33N3O2S/c1-3-22-20(23-15-19-5-4-14-27-19)24-16-21(10-12-26-13-11-21)17-6-8-18(25-2)9-7-17/h6-9,19H,3-5,10-16H2,1-2H3,(H2,22,23,24). The van der Waals surface area contributed by atoms with Gasteiger partial charge < -0.3 is 20.1 Å². The second-order valence-electron chi connectivity index (χ2n) is 7.33. The molecule has 2 N–H and O–H groups in total. The quantitative estimate of drug-likeness (QED) is 0.552. The second kappa shape index (κ2) is 10.2. The third-order valence-corrected chi connectivity index (χ3v) is 6.96. The first kappa shape index (κ1) is 20.3. The lowest BCUT2D eigenvalue weighted by atomic mass is 9.74. The van der Waals surface area contributed by atoms with Gasteiger partial charge >= 0.3 is 0 Å². The number of nitrogens with one attached hydrogen (secondary N) is 2. The molecule has 2 fully saturated rings. The monoisotopic (exact) mass is 391 g/mol. The third kappa shape index (κ3) is 5.55. The molecule has 5 nitrogen and oxygen atoms in total. The Kier molecular flexibility index (Phi) is 7.70. The number of benzene rings is 1. The zero-order valence-electron chi connectivity index (χ0n) is 16.6. The molecule has 150 valence electrons. The summed E-state index contributed by atoms with van der Waals surface area (Å²) in [5, 5.41) is 7.68. The fourth-order valence-corrected chi connectivity index (χ4v) is 5.03. The molecular weight excluding hydrogens is 358 g/mol. The predicted molar refractivity (Wildman–Crippen MR) is 114 cm³/mol. The van der Waals surface area contributed by atoms with E-state index in [9.17, 15) is 0 Å². The van der Waals surface area contributed by atoms with E-state index in [0.717, 1.165) is 57.4 Å². The highest BCUT2D eigenvalue weighted by atomic mass is 32.2. The van der Waals surface area contributed by atoms with Crippen molar-refractivity contribution in [2.24, 2.45) is 4.99 Å². The third-order valence-electron chi connectivity index (χ3n) is 5.56. The van der Waals surface area contributed by atoms with Crippen molar-refractivity contribution in [1.29, 1.82) is 0 Å². The smallest absolute Gasteiger partial charge is 0.191 e. The maximum absolute atomic E-state index is 5.65. The summed E-state index contributed by atoms with van der Waals surface area (Å²) < 4.78 is 11.0. The van der Waals surface area contributed by atoms with Gasteiger partial charge in [0, 0.05) is 37.0 Å². The maximum atomic E-state index is 5.65. The zero-order chi connectivity index (χ0) is 19.0. The minimum absolute atomic E-state index is 0.0367. The molecular formula is C21H33N3O2S. The Morgan fingerprint density at radius 1 is 1.26 bits per heavy atom. The van der Waals surface area contributed by atoms with Gasteiger partial charge in [0.15, 0.2) is 5.96 Å². The van der Waals surface area contributed by atoms with E-state index >= 15 is 0 Å². The molecule has 0 spiro atoms. The van der Waals surface area contributed by atoms with E-state index in [-0.39, 0.29) is 5.41 Å². The zero-order valence-corrected chi connectivity index (χ0v) is 17.4.